The number of aromatic hydroxyl groups is 1. The number of carbonyl (C=O) groups is 3. The maximum atomic E-state index is 13.0. The molecule has 176 valence electrons. The number of ether oxygens (including phenoxy) is 1. The molecular weight excluding hydrogens is 504 g/mol. The number of nitrogens with one attached hydrogen (secondary N) is 1. The Morgan fingerprint density at radius 1 is 1.24 bits per heavy atom. The SMILES string of the molecule is NC(=O)[C@H](Cc1ccc(O)cc1)NC(=O)[C@@H]1CCCN1/C=C1/N=C(c2ccc(Br)cc2)OC1=O. The smallest absolute Gasteiger partial charge is 0.365 e. The third-order valence-corrected chi connectivity index (χ3v) is 6.16. The number of likely N-dealkylation sites (tertiary alicyclic amines) is 1. The average Bonchev–Trinajstić information content (AvgIpc) is 3.42. The average molecular weight is 527 g/mol. The van der Waals surface area contributed by atoms with E-state index in [0.29, 0.717) is 18.5 Å². The fraction of sp³-hybridized carbons (Fsp3) is 0.250. The van der Waals surface area contributed by atoms with E-state index in [2.05, 4.69) is 26.2 Å². The Hall–Kier alpha value is -3.66. The normalized spacial score (nSPS) is 19.6. The second kappa shape index (κ2) is 10.1. The number of nitrogens with zero attached hydrogens (tertiary/aromatic N) is 2. The van der Waals surface area contributed by atoms with Crippen molar-refractivity contribution in [3.8, 4) is 5.75 Å². The van der Waals surface area contributed by atoms with Crippen LogP contribution in [0, 0.1) is 0 Å². The Bertz CT molecular complexity index is 1160. The molecule has 2 aliphatic rings. The minimum absolute atomic E-state index is 0.105. The third kappa shape index (κ3) is 5.45. The zero-order valence-electron chi connectivity index (χ0n) is 18.1. The third-order valence-electron chi connectivity index (χ3n) is 5.63. The van der Waals surface area contributed by atoms with Crippen molar-refractivity contribution < 1.29 is 24.2 Å². The fourth-order valence-electron chi connectivity index (χ4n) is 3.86. The van der Waals surface area contributed by atoms with Gasteiger partial charge in [-0.3, -0.25) is 9.59 Å². The van der Waals surface area contributed by atoms with Crippen LogP contribution in [-0.4, -0.2) is 52.3 Å². The Morgan fingerprint density at radius 3 is 2.62 bits per heavy atom. The lowest BCUT2D eigenvalue weighted by Crippen LogP contribution is -2.51. The van der Waals surface area contributed by atoms with Crippen LogP contribution in [0.25, 0.3) is 0 Å². The first-order valence-electron chi connectivity index (χ1n) is 10.7. The van der Waals surface area contributed by atoms with Gasteiger partial charge in [0.25, 0.3) is 0 Å². The van der Waals surface area contributed by atoms with Crippen LogP contribution in [0.3, 0.4) is 0 Å². The molecule has 1 saturated heterocycles. The van der Waals surface area contributed by atoms with Gasteiger partial charge in [-0.05, 0) is 54.8 Å². The number of halogens is 1. The molecule has 1 fully saturated rings. The highest BCUT2D eigenvalue weighted by molar-refractivity contribution is 9.10. The van der Waals surface area contributed by atoms with Crippen molar-refractivity contribution in [1.82, 2.24) is 10.2 Å². The number of amides is 2. The molecule has 2 amide bonds. The van der Waals surface area contributed by atoms with E-state index in [1.807, 2.05) is 12.1 Å². The number of phenols is 1. The second-order valence-electron chi connectivity index (χ2n) is 8.06. The summed E-state index contributed by atoms with van der Waals surface area (Å²) in [6.07, 6.45) is 3.02. The van der Waals surface area contributed by atoms with Crippen LogP contribution in [0.2, 0.25) is 0 Å². The standard InChI is InChI=1S/C24H23BrN4O5/c25-16-7-5-15(6-8-16)23-28-19(24(33)34-23)13-29-11-1-2-20(29)22(32)27-18(21(26)31)12-14-3-9-17(30)10-4-14/h3-10,13,18,20,30H,1-2,11-12H2,(H2,26,31)(H,27,32)/b19-13+/t18-,20-/m0/s1. The molecule has 0 bridgehead atoms. The van der Waals surface area contributed by atoms with Gasteiger partial charge in [-0.25, -0.2) is 9.79 Å². The number of primary amides is 1. The Kier molecular flexibility index (Phi) is 6.97. The van der Waals surface area contributed by atoms with Crippen molar-refractivity contribution in [2.45, 2.75) is 31.3 Å². The lowest BCUT2D eigenvalue weighted by Gasteiger charge is -2.24. The van der Waals surface area contributed by atoms with Crippen molar-refractivity contribution in [2.24, 2.45) is 10.7 Å². The predicted molar refractivity (Wildman–Crippen MR) is 128 cm³/mol. The first-order valence-corrected chi connectivity index (χ1v) is 11.5. The summed E-state index contributed by atoms with van der Waals surface area (Å²) in [4.78, 5) is 43.4. The van der Waals surface area contributed by atoms with Gasteiger partial charge in [-0.2, -0.15) is 0 Å². The molecule has 34 heavy (non-hydrogen) atoms. The number of carbonyl (C=O) groups excluding carboxylic acids is 3. The fourth-order valence-corrected chi connectivity index (χ4v) is 4.12. The number of hydrogen-bond acceptors (Lipinski definition) is 7. The molecule has 2 atom stereocenters. The van der Waals surface area contributed by atoms with Crippen LogP contribution >= 0.6 is 15.9 Å². The summed E-state index contributed by atoms with van der Waals surface area (Å²) in [5.41, 5.74) is 7.03. The zero-order valence-corrected chi connectivity index (χ0v) is 19.7. The predicted octanol–water partition coefficient (Wildman–Crippen LogP) is 1.98. The van der Waals surface area contributed by atoms with Crippen molar-refractivity contribution in [1.29, 1.82) is 0 Å². The molecule has 0 unspecified atom stereocenters. The molecule has 2 aliphatic heterocycles. The monoisotopic (exact) mass is 526 g/mol. The van der Waals surface area contributed by atoms with Crippen LogP contribution in [0.15, 0.2) is 69.9 Å². The molecule has 0 radical (unpaired) electrons. The van der Waals surface area contributed by atoms with Crippen LogP contribution < -0.4 is 11.1 Å². The van der Waals surface area contributed by atoms with Gasteiger partial charge in [0.15, 0.2) is 5.70 Å². The number of benzene rings is 2. The highest BCUT2D eigenvalue weighted by Crippen LogP contribution is 2.23. The van der Waals surface area contributed by atoms with Crippen LogP contribution in [0.1, 0.15) is 24.0 Å². The van der Waals surface area contributed by atoms with Gasteiger partial charge in [-0.15, -0.1) is 0 Å². The van der Waals surface area contributed by atoms with Crippen molar-refractivity contribution in [3.63, 3.8) is 0 Å². The van der Waals surface area contributed by atoms with E-state index in [1.165, 1.54) is 18.3 Å². The Morgan fingerprint density at radius 2 is 1.94 bits per heavy atom. The molecule has 2 heterocycles. The van der Waals surface area contributed by atoms with Gasteiger partial charge < -0.3 is 25.8 Å². The van der Waals surface area contributed by atoms with Crippen LogP contribution in [0.4, 0.5) is 0 Å². The molecular formula is C24H23BrN4O5. The molecule has 0 saturated carbocycles. The van der Waals surface area contributed by atoms with E-state index in [9.17, 15) is 19.5 Å². The quantitative estimate of drug-likeness (QED) is 0.373. The molecule has 0 aromatic heterocycles. The molecule has 9 nitrogen and oxygen atoms in total. The highest BCUT2D eigenvalue weighted by atomic mass is 79.9. The number of phenolic OH excluding ortho intramolecular Hbond substituents is 1. The van der Waals surface area contributed by atoms with Crippen molar-refractivity contribution in [2.75, 3.05) is 6.54 Å². The highest BCUT2D eigenvalue weighted by Gasteiger charge is 2.33. The summed E-state index contributed by atoms with van der Waals surface area (Å²) in [6, 6.07) is 12.1. The van der Waals surface area contributed by atoms with Gasteiger partial charge >= 0.3 is 5.97 Å². The molecule has 2 aromatic carbocycles. The largest absolute Gasteiger partial charge is 0.508 e. The Labute approximate surface area is 204 Å². The lowest BCUT2D eigenvalue weighted by molar-refractivity contribution is -0.130. The molecule has 0 spiro atoms. The van der Waals surface area contributed by atoms with E-state index < -0.39 is 24.0 Å². The topological polar surface area (TPSA) is 134 Å². The maximum Gasteiger partial charge on any atom is 0.365 e. The van der Waals surface area contributed by atoms with E-state index in [1.54, 1.807) is 29.2 Å². The first-order chi connectivity index (χ1) is 16.3. The van der Waals surface area contributed by atoms with Gasteiger partial charge in [0.05, 0.1) is 0 Å². The second-order valence-corrected chi connectivity index (χ2v) is 8.97. The van der Waals surface area contributed by atoms with E-state index in [4.69, 9.17) is 10.5 Å². The summed E-state index contributed by atoms with van der Waals surface area (Å²) in [7, 11) is 0. The van der Waals surface area contributed by atoms with Gasteiger partial charge in [0.1, 0.15) is 17.8 Å². The number of nitrogens with two attached hydrogens (primary N) is 1. The minimum atomic E-state index is -0.911. The zero-order chi connectivity index (χ0) is 24.2. The molecule has 4 N–H and O–H groups in total. The molecule has 0 aliphatic carbocycles. The number of esters is 1. The van der Waals surface area contributed by atoms with E-state index >= 15 is 0 Å². The summed E-state index contributed by atoms with van der Waals surface area (Å²) in [5.74, 6) is -1.31. The van der Waals surface area contributed by atoms with E-state index in [-0.39, 0.29) is 29.7 Å². The van der Waals surface area contributed by atoms with E-state index in [0.717, 1.165) is 16.5 Å². The maximum absolute atomic E-state index is 13.0. The summed E-state index contributed by atoms with van der Waals surface area (Å²) >= 11 is 3.36. The van der Waals surface area contributed by atoms with Gasteiger partial charge in [0, 0.05) is 29.2 Å². The molecule has 2 aromatic rings. The molecule has 10 heteroatoms. The number of cyclic esters (lactones) is 1. The van der Waals surface area contributed by atoms with Crippen LogP contribution in [-0.2, 0) is 25.5 Å². The lowest BCUT2D eigenvalue weighted by atomic mass is 10.0. The number of rotatable bonds is 7. The summed E-state index contributed by atoms with van der Waals surface area (Å²) in [5, 5.41) is 12.2. The minimum Gasteiger partial charge on any atom is -0.508 e. The number of hydrogen-bond donors (Lipinski definition) is 3. The van der Waals surface area contributed by atoms with Gasteiger partial charge in [0.2, 0.25) is 17.7 Å². The molecule has 4 rings (SSSR count). The summed E-state index contributed by atoms with van der Waals surface area (Å²) in [6.45, 7) is 0.553. The van der Waals surface area contributed by atoms with Crippen molar-refractivity contribution >= 4 is 39.6 Å². The first kappa shape index (κ1) is 23.5. The summed E-state index contributed by atoms with van der Waals surface area (Å²) < 4.78 is 6.19. The van der Waals surface area contributed by atoms with Crippen molar-refractivity contribution in [3.05, 3.63) is 76.0 Å². The van der Waals surface area contributed by atoms with Crippen LogP contribution in [0.5, 0.6) is 5.75 Å². The van der Waals surface area contributed by atoms with Gasteiger partial charge in [-0.1, -0.05) is 28.1 Å². The Balaban J connectivity index is 1.46. The number of aliphatic imine (C=N–C) groups is 1.